The van der Waals surface area contributed by atoms with Crippen LogP contribution in [0.1, 0.15) is 26.5 Å². The second-order valence-corrected chi connectivity index (χ2v) is 6.47. The Balaban J connectivity index is 1.76. The van der Waals surface area contributed by atoms with Gasteiger partial charge in [-0.3, -0.25) is 0 Å². The molecule has 4 heterocycles. The summed E-state index contributed by atoms with van der Waals surface area (Å²) in [6.07, 6.45) is 2.13. The molecule has 2 fully saturated rings. The van der Waals surface area contributed by atoms with Gasteiger partial charge in [0.2, 0.25) is 0 Å². The van der Waals surface area contributed by atoms with Gasteiger partial charge in [-0.05, 0) is 19.9 Å². The molecule has 4 rings (SSSR count). The van der Waals surface area contributed by atoms with Gasteiger partial charge in [0, 0.05) is 6.20 Å². The molecule has 0 spiro atoms. The molecule has 0 radical (unpaired) electrons. The van der Waals surface area contributed by atoms with Crippen molar-refractivity contribution in [2.24, 2.45) is 0 Å². The quantitative estimate of drug-likeness (QED) is 0.784. The number of halogens is 1. The topological polar surface area (TPSA) is 82.2 Å². The standard InChI is InChI=1S/C15H15ClN4O3/c1-15(2)22-10-9(3-5-17)21-14(11(10)23-15)20-6-4-8-12(16)18-7-19-13(8)20/h4,6-7,9-11,14H,3H2,1-2H3/t9-,10-,11-,14-/m1/s1. The summed E-state index contributed by atoms with van der Waals surface area (Å²) in [4.78, 5) is 8.28. The Bertz CT molecular complexity index is 800. The Morgan fingerprint density at radius 1 is 1.35 bits per heavy atom. The third-order valence-electron chi connectivity index (χ3n) is 4.15. The van der Waals surface area contributed by atoms with Gasteiger partial charge in [0.15, 0.2) is 12.0 Å². The summed E-state index contributed by atoms with van der Waals surface area (Å²) >= 11 is 6.11. The zero-order chi connectivity index (χ0) is 16.2. The highest BCUT2D eigenvalue weighted by atomic mass is 35.5. The number of hydrogen-bond acceptors (Lipinski definition) is 6. The van der Waals surface area contributed by atoms with Gasteiger partial charge in [-0.2, -0.15) is 5.26 Å². The highest BCUT2D eigenvalue weighted by molar-refractivity contribution is 6.33. The highest BCUT2D eigenvalue weighted by Crippen LogP contribution is 2.44. The molecule has 0 N–H and O–H groups in total. The lowest BCUT2D eigenvalue weighted by Crippen LogP contribution is -2.29. The minimum Gasteiger partial charge on any atom is -0.348 e. The molecule has 120 valence electrons. The molecule has 0 aromatic carbocycles. The highest BCUT2D eigenvalue weighted by Gasteiger charge is 2.55. The van der Waals surface area contributed by atoms with Crippen molar-refractivity contribution in [3.63, 3.8) is 0 Å². The second-order valence-electron chi connectivity index (χ2n) is 6.12. The molecule has 0 saturated carbocycles. The van der Waals surface area contributed by atoms with Gasteiger partial charge in [-0.25, -0.2) is 9.97 Å². The number of ether oxygens (including phenoxy) is 3. The Morgan fingerprint density at radius 2 is 2.13 bits per heavy atom. The van der Waals surface area contributed by atoms with E-state index in [0.717, 1.165) is 5.39 Å². The Hall–Kier alpha value is -1.72. The molecule has 4 atom stereocenters. The maximum absolute atomic E-state index is 9.03. The minimum atomic E-state index is -0.708. The molecule has 2 aliphatic heterocycles. The van der Waals surface area contributed by atoms with Gasteiger partial charge < -0.3 is 18.8 Å². The van der Waals surface area contributed by atoms with E-state index in [4.69, 9.17) is 31.1 Å². The fourth-order valence-corrected chi connectivity index (χ4v) is 3.47. The van der Waals surface area contributed by atoms with Crippen molar-refractivity contribution in [3.8, 4) is 6.07 Å². The Kier molecular flexibility index (Phi) is 3.32. The molecule has 0 bridgehead atoms. The first-order chi connectivity index (χ1) is 11.0. The summed E-state index contributed by atoms with van der Waals surface area (Å²) < 4.78 is 19.8. The van der Waals surface area contributed by atoms with Gasteiger partial charge >= 0.3 is 0 Å². The molecule has 8 heteroatoms. The van der Waals surface area contributed by atoms with Crippen LogP contribution in [0, 0.1) is 11.3 Å². The average molecular weight is 335 g/mol. The molecular weight excluding hydrogens is 320 g/mol. The average Bonchev–Trinajstić information content (AvgIpc) is 3.13. The maximum atomic E-state index is 9.03. The van der Waals surface area contributed by atoms with Gasteiger partial charge in [0.05, 0.1) is 17.9 Å². The number of nitriles is 1. The van der Waals surface area contributed by atoms with Crippen molar-refractivity contribution < 1.29 is 14.2 Å². The molecule has 0 unspecified atom stereocenters. The monoisotopic (exact) mass is 334 g/mol. The van der Waals surface area contributed by atoms with Crippen LogP contribution in [-0.2, 0) is 14.2 Å². The normalized spacial score (nSPS) is 32.1. The lowest BCUT2D eigenvalue weighted by atomic mass is 10.1. The molecule has 0 aliphatic carbocycles. The van der Waals surface area contributed by atoms with E-state index in [1.165, 1.54) is 6.33 Å². The minimum absolute atomic E-state index is 0.242. The van der Waals surface area contributed by atoms with Crippen LogP contribution in [0.2, 0.25) is 5.15 Å². The van der Waals surface area contributed by atoms with Crippen molar-refractivity contribution in [2.75, 3.05) is 0 Å². The van der Waals surface area contributed by atoms with Crippen molar-refractivity contribution in [1.82, 2.24) is 14.5 Å². The van der Waals surface area contributed by atoms with Crippen LogP contribution in [0.25, 0.3) is 11.0 Å². The fraction of sp³-hybridized carbons (Fsp3) is 0.533. The lowest BCUT2D eigenvalue weighted by molar-refractivity contribution is -0.195. The zero-order valence-corrected chi connectivity index (χ0v) is 13.4. The number of hydrogen-bond donors (Lipinski definition) is 0. The number of aromatic nitrogens is 3. The molecule has 0 amide bonds. The second kappa shape index (κ2) is 5.14. The SMILES string of the molecule is CC1(C)O[C@@H]2[C@H](O1)[C@@H](CC#N)O[C@H]2n1ccc2c(Cl)ncnc21. The van der Waals surface area contributed by atoms with Gasteiger partial charge in [-0.1, -0.05) is 11.6 Å². The predicted octanol–water partition coefficient (Wildman–Crippen LogP) is 2.42. The molecule has 2 aliphatic rings. The number of fused-ring (bicyclic) bond motifs is 2. The molecule has 2 aromatic heterocycles. The first kappa shape index (κ1) is 14.8. The zero-order valence-electron chi connectivity index (χ0n) is 12.6. The van der Waals surface area contributed by atoms with E-state index in [1.54, 1.807) is 0 Å². The molecule has 2 aromatic rings. The van der Waals surface area contributed by atoms with Crippen molar-refractivity contribution in [2.45, 2.75) is 50.6 Å². The van der Waals surface area contributed by atoms with Crippen molar-refractivity contribution >= 4 is 22.6 Å². The van der Waals surface area contributed by atoms with Crippen LogP contribution >= 0.6 is 11.6 Å². The summed E-state index contributed by atoms with van der Waals surface area (Å²) in [6, 6.07) is 3.99. The van der Waals surface area contributed by atoms with E-state index >= 15 is 0 Å². The van der Waals surface area contributed by atoms with E-state index in [9.17, 15) is 0 Å². The van der Waals surface area contributed by atoms with Crippen LogP contribution in [0.5, 0.6) is 0 Å². The summed E-state index contributed by atoms with van der Waals surface area (Å²) in [6.45, 7) is 3.72. The first-order valence-electron chi connectivity index (χ1n) is 7.35. The maximum Gasteiger partial charge on any atom is 0.164 e. The summed E-state index contributed by atoms with van der Waals surface area (Å²) in [7, 11) is 0. The Morgan fingerprint density at radius 3 is 2.91 bits per heavy atom. The smallest absolute Gasteiger partial charge is 0.164 e. The summed E-state index contributed by atoms with van der Waals surface area (Å²) in [5.41, 5.74) is 0.666. The van der Waals surface area contributed by atoms with Crippen LogP contribution < -0.4 is 0 Å². The largest absolute Gasteiger partial charge is 0.348 e. The van der Waals surface area contributed by atoms with Crippen LogP contribution in [-0.4, -0.2) is 38.6 Å². The summed E-state index contributed by atoms with van der Waals surface area (Å²) in [5.74, 6) is -0.708. The Labute approximate surface area is 137 Å². The van der Waals surface area contributed by atoms with Crippen LogP contribution in [0.3, 0.4) is 0 Å². The van der Waals surface area contributed by atoms with E-state index in [2.05, 4.69) is 16.0 Å². The van der Waals surface area contributed by atoms with E-state index in [1.807, 2.05) is 30.7 Å². The molecule has 23 heavy (non-hydrogen) atoms. The van der Waals surface area contributed by atoms with E-state index in [-0.39, 0.29) is 24.7 Å². The van der Waals surface area contributed by atoms with Crippen molar-refractivity contribution in [1.29, 1.82) is 5.26 Å². The predicted molar refractivity (Wildman–Crippen MR) is 80.5 cm³/mol. The first-order valence-corrected chi connectivity index (χ1v) is 7.73. The lowest BCUT2D eigenvalue weighted by Gasteiger charge is -2.24. The van der Waals surface area contributed by atoms with Gasteiger partial charge in [-0.15, -0.1) is 0 Å². The molecular formula is C15H15ClN4O3. The van der Waals surface area contributed by atoms with Crippen molar-refractivity contribution in [3.05, 3.63) is 23.7 Å². The number of rotatable bonds is 2. The van der Waals surface area contributed by atoms with E-state index < -0.39 is 12.0 Å². The van der Waals surface area contributed by atoms with Crippen LogP contribution in [0.15, 0.2) is 18.6 Å². The van der Waals surface area contributed by atoms with Gasteiger partial charge in [0.25, 0.3) is 0 Å². The molecule has 7 nitrogen and oxygen atoms in total. The van der Waals surface area contributed by atoms with Gasteiger partial charge in [0.1, 0.15) is 35.4 Å². The summed E-state index contributed by atoms with van der Waals surface area (Å²) in [5, 5.41) is 10.2. The third kappa shape index (κ3) is 2.30. The number of nitrogens with zero attached hydrogens (tertiary/aromatic N) is 4. The third-order valence-corrected chi connectivity index (χ3v) is 4.45. The van der Waals surface area contributed by atoms with E-state index in [0.29, 0.717) is 10.8 Å². The molecule has 2 saturated heterocycles. The van der Waals surface area contributed by atoms with Crippen LogP contribution in [0.4, 0.5) is 0 Å². The fourth-order valence-electron chi connectivity index (χ4n) is 3.28.